The summed E-state index contributed by atoms with van der Waals surface area (Å²) in [5.74, 6) is 1.78. The quantitative estimate of drug-likeness (QED) is 0.661. The van der Waals surface area contributed by atoms with Crippen molar-refractivity contribution in [2.24, 2.45) is 0 Å². The zero-order chi connectivity index (χ0) is 13.8. The summed E-state index contributed by atoms with van der Waals surface area (Å²) >= 11 is 0. The van der Waals surface area contributed by atoms with Crippen LogP contribution in [0.2, 0.25) is 0 Å². The van der Waals surface area contributed by atoms with Crippen molar-refractivity contribution < 1.29 is 9.34 Å². The fraction of sp³-hybridized carbons (Fsp3) is 0.286. The maximum atomic E-state index is 10.5. The smallest absolute Gasteiger partial charge is 0.269 e. The van der Waals surface area contributed by atoms with Crippen LogP contribution in [0.3, 0.4) is 0 Å². The van der Waals surface area contributed by atoms with Gasteiger partial charge in [-0.1, -0.05) is 12.1 Å². The normalized spacial score (nSPS) is 12.3. The summed E-state index contributed by atoms with van der Waals surface area (Å²) in [6, 6.07) is 10.5. The summed E-state index contributed by atoms with van der Waals surface area (Å²) < 4.78 is 5.53. The van der Waals surface area contributed by atoms with E-state index in [4.69, 9.17) is 4.42 Å². The SMILES string of the molecule is Cc1ccc(C(C)NCc2ccc([N+](=O)[O-])cc2)o1. The van der Waals surface area contributed by atoms with E-state index in [-0.39, 0.29) is 11.7 Å². The molecule has 0 amide bonds. The Labute approximate surface area is 111 Å². The molecule has 1 unspecified atom stereocenters. The highest BCUT2D eigenvalue weighted by Crippen LogP contribution is 2.17. The standard InChI is InChI=1S/C14H16N2O3/c1-10-3-8-14(19-10)11(2)15-9-12-4-6-13(7-5-12)16(17)18/h3-8,11,15H,9H2,1-2H3. The minimum atomic E-state index is -0.397. The van der Waals surface area contributed by atoms with Gasteiger partial charge in [-0.15, -0.1) is 0 Å². The van der Waals surface area contributed by atoms with E-state index in [1.54, 1.807) is 12.1 Å². The molecule has 19 heavy (non-hydrogen) atoms. The number of aryl methyl sites for hydroxylation is 1. The molecular formula is C14H16N2O3. The van der Waals surface area contributed by atoms with E-state index in [0.717, 1.165) is 17.1 Å². The Kier molecular flexibility index (Phi) is 3.97. The molecule has 2 aromatic rings. The lowest BCUT2D eigenvalue weighted by molar-refractivity contribution is -0.384. The second-order valence-corrected chi connectivity index (χ2v) is 4.47. The topological polar surface area (TPSA) is 68.3 Å². The van der Waals surface area contributed by atoms with E-state index in [9.17, 15) is 10.1 Å². The third kappa shape index (κ3) is 3.42. The molecule has 1 aromatic heterocycles. The van der Waals surface area contributed by atoms with Gasteiger partial charge in [0, 0.05) is 18.7 Å². The van der Waals surface area contributed by atoms with Crippen LogP contribution in [0.25, 0.3) is 0 Å². The van der Waals surface area contributed by atoms with E-state index >= 15 is 0 Å². The molecule has 5 heteroatoms. The van der Waals surface area contributed by atoms with E-state index < -0.39 is 4.92 Å². The Morgan fingerprint density at radius 1 is 1.26 bits per heavy atom. The van der Waals surface area contributed by atoms with Crippen LogP contribution in [0.5, 0.6) is 0 Å². The van der Waals surface area contributed by atoms with Crippen molar-refractivity contribution in [1.82, 2.24) is 5.32 Å². The first-order valence-corrected chi connectivity index (χ1v) is 6.09. The van der Waals surface area contributed by atoms with Crippen molar-refractivity contribution in [3.8, 4) is 0 Å². The molecule has 0 fully saturated rings. The van der Waals surface area contributed by atoms with Crippen molar-refractivity contribution >= 4 is 5.69 Å². The van der Waals surface area contributed by atoms with Gasteiger partial charge in [0.1, 0.15) is 11.5 Å². The summed E-state index contributed by atoms with van der Waals surface area (Å²) in [5, 5.41) is 13.9. The summed E-state index contributed by atoms with van der Waals surface area (Å²) in [4.78, 5) is 10.1. The van der Waals surface area contributed by atoms with Gasteiger partial charge in [0.2, 0.25) is 0 Å². The third-order valence-corrected chi connectivity index (χ3v) is 2.95. The van der Waals surface area contributed by atoms with E-state index in [2.05, 4.69) is 5.32 Å². The lowest BCUT2D eigenvalue weighted by Crippen LogP contribution is -2.17. The monoisotopic (exact) mass is 260 g/mol. The molecule has 0 saturated carbocycles. The van der Waals surface area contributed by atoms with Crippen LogP contribution in [0.15, 0.2) is 40.8 Å². The molecule has 0 aliphatic rings. The number of nitrogens with zero attached hydrogens (tertiary/aromatic N) is 1. The van der Waals surface area contributed by atoms with Gasteiger partial charge in [0.25, 0.3) is 5.69 Å². The lowest BCUT2D eigenvalue weighted by atomic mass is 10.2. The van der Waals surface area contributed by atoms with Crippen LogP contribution >= 0.6 is 0 Å². The highest BCUT2D eigenvalue weighted by Gasteiger charge is 2.09. The number of nitrogens with one attached hydrogen (secondary N) is 1. The Hall–Kier alpha value is -2.14. The van der Waals surface area contributed by atoms with Gasteiger partial charge in [-0.25, -0.2) is 0 Å². The number of rotatable bonds is 5. The second-order valence-electron chi connectivity index (χ2n) is 4.47. The van der Waals surface area contributed by atoms with Gasteiger partial charge < -0.3 is 9.73 Å². The number of nitro benzene ring substituents is 1. The number of benzene rings is 1. The van der Waals surface area contributed by atoms with Gasteiger partial charge >= 0.3 is 0 Å². The molecule has 0 aliphatic carbocycles. The molecule has 1 heterocycles. The average Bonchev–Trinajstić information content (AvgIpc) is 2.83. The first-order chi connectivity index (χ1) is 9.06. The predicted octanol–water partition coefficient (Wildman–Crippen LogP) is 3.35. The molecule has 1 atom stereocenters. The molecule has 1 N–H and O–H groups in total. The van der Waals surface area contributed by atoms with Gasteiger partial charge in [-0.3, -0.25) is 10.1 Å². The zero-order valence-electron chi connectivity index (χ0n) is 10.9. The van der Waals surface area contributed by atoms with Crippen molar-refractivity contribution in [3.63, 3.8) is 0 Å². The molecule has 5 nitrogen and oxygen atoms in total. The lowest BCUT2D eigenvalue weighted by Gasteiger charge is -2.11. The maximum Gasteiger partial charge on any atom is 0.269 e. The molecular weight excluding hydrogens is 244 g/mol. The minimum absolute atomic E-state index is 0.101. The van der Waals surface area contributed by atoms with Crippen molar-refractivity contribution in [2.75, 3.05) is 0 Å². The number of non-ortho nitro benzene ring substituents is 1. The van der Waals surface area contributed by atoms with Crippen molar-refractivity contribution in [1.29, 1.82) is 0 Å². The van der Waals surface area contributed by atoms with Crippen LogP contribution in [0.1, 0.15) is 30.0 Å². The Bertz CT molecular complexity index is 560. The number of nitro groups is 1. The largest absolute Gasteiger partial charge is 0.465 e. The Morgan fingerprint density at radius 2 is 1.95 bits per heavy atom. The van der Waals surface area contributed by atoms with Gasteiger partial charge in [-0.2, -0.15) is 0 Å². The van der Waals surface area contributed by atoms with Crippen LogP contribution in [0, 0.1) is 17.0 Å². The maximum absolute atomic E-state index is 10.5. The average molecular weight is 260 g/mol. The fourth-order valence-corrected chi connectivity index (χ4v) is 1.79. The first-order valence-electron chi connectivity index (χ1n) is 6.09. The van der Waals surface area contributed by atoms with Gasteiger partial charge in [0.05, 0.1) is 11.0 Å². The zero-order valence-corrected chi connectivity index (χ0v) is 10.9. The number of hydrogen-bond acceptors (Lipinski definition) is 4. The van der Waals surface area contributed by atoms with Gasteiger partial charge in [-0.05, 0) is 31.5 Å². The van der Waals surface area contributed by atoms with E-state index in [0.29, 0.717) is 6.54 Å². The molecule has 1 aromatic carbocycles. The van der Waals surface area contributed by atoms with Crippen LogP contribution in [0.4, 0.5) is 5.69 Å². The minimum Gasteiger partial charge on any atom is -0.465 e. The van der Waals surface area contributed by atoms with E-state index in [1.165, 1.54) is 12.1 Å². The molecule has 0 aliphatic heterocycles. The molecule has 0 bridgehead atoms. The van der Waals surface area contributed by atoms with Crippen molar-refractivity contribution in [2.45, 2.75) is 26.4 Å². The molecule has 0 spiro atoms. The highest BCUT2D eigenvalue weighted by molar-refractivity contribution is 5.32. The Balaban J connectivity index is 1.93. The molecule has 0 saturated heterocycles. The summed E-state index contributed by atoms with van der Waals surface area (Å²) in [6.45, 7) is 4.56. The molecule has 2 rings (SSSR count). The van der Waals surface area contributed by atoms with Crippen LogP contribution in [-0.2, 0) is 6.54 Å². The van der Waals surface area contributed by atoms with Gasteiger partial charge in [0.15, 0.2) is 0 Å². The molecule has 100 valence electrons. The Morgan fingerprint density at radius 3 is 2.47 bits per heavy atom. The highest BCUT2D eigenvalue weighted by atomic mass is 16.6. The number of furan rings is 1. The second kappa shape index (κ2) is 5.67. The summed E-state index contributed by atoms with van der Waals surface area (Å²) in [5.41, 5.74) is 1.11. The van der Waals surface area contributed by atoms with Crippen molar-refractivity contribution in [3.05, 3.63) is 63.6 Å². The third-order valence-electron chi connectivity index (χ3n) is 2.95. The van der Waals surface area contributed by atoms with Crippen LogP contribution < -0.4 is 5.32 Å². The first kappa shape index (κ1) is 13.3. The number of hydrogen-bond donors (Lipinski definition) is 1. The van der Waals surface area contributed by atoms with E-state index in [1.807, 2.05) is 26.0 Å². The summed E-state index contributed by atoms with van der Waals surface area (Å²) in [7, 11) is 0. The molecule has 0 radical (unpaired) electrons. The predicted molar refractivity (Wildman–Crippen MR) is 71.8 cm³/mol. The summed E-state index contributed by atoms with van der Waals surface area (Å²) in [6.07, 6.45) is 0. The fourth-order valence-electron chi connectivity index (χ4n) is 1.79. The van der Waals surface area contributed by atoms with Crippen LogP contribution in [-0.4, -0.2) is 4.92 Å².